The van der Waals surface area contributed by atoms with Gasteiger partial charge < -0.3 is 9.51 Å². The van der Waals surface area contributed by atoms with E-state index in [-0.39, 0.29) is 5.56 Å². The smallest absolute Gasteiger partial charge is 0.252 e. The van der Waals surface area contributed by atoms with Crippen LogP contribution < -0.4 is 5.56 Å². The molecule has 140 valence electrons. The summed E-state index contributed by atoms with van der Waals surface area (Å²) >= 11 is 3.01. The Morgan fingerprint density at radius 3 is 2.57 bits per heavy atom. The fraction of sp³-hybridized carbons (Fsp3) is 0.105. The lowest BCUT2D eigenvalue weighted by atomic mass is 10.2. The summed E-state index contributed by atoms with van der Waals surface area (Å²) in [6.07, 6.45) is 5.36. The van der Waals surface area contributed by atoms with Gasteiger partial charge in [-0.15, -0.1) is 11.8 Å². The predicted octanol–water partition coefficient (Wildman–Crippen LogP) is 3.90. The van der Waals surface area contributed by atoms with Crippen LogP contribution in [-0.2, 0) is 5.75 Å². The van der Waals surface area contributed by atoms with Crippen molar-refractivity contribution in [3.05, 3.63) is 71.1 Å². The number of aromatic amines is 1. The first-order valence-corrected chi connectivity index (χ1v) is 10.5. The quantitative estimate of drug-likeness (QED) is 0.378. The minimum Gasteiger partial charge on any atom is -0.338 e. The molecule has 0 bridgehead atoms. The lowest BCUT2D eigenvalue weighted by Gasteiger charge is -2.02. The number of thioether (sulfide) groups is 2. The van der Waals surface area contributed by atoms with E-state index in [1.54, 1.807) is 24.2 Å². The topological polar surface area (TPSA) is 97.6 Å². The monoisotopic (exact) mass is 409 g/mol. The molecule has 9 heteroatoms. The molecule has 3 aromatic heterocycles. The minimum atomic E-state index is -0.218. The third-order valence-corrected chi connectivity index (χ3v) is 5.45. The zero-order valence-electron chi connectivity index (χ0n) is 14.8. The molecule has 0 amide bonds. The summed E-state index contributed by atoms with van der Waals surface area (Å²) in [5, 5.41) is 4.52. The summed E-state index contributed by atoms with van der Waals surface area (Å²) in [7, 11) is 0. The molecule has 4 aromatic rings. The van der Waals surface area contributed by atoms with Crippen molar-refractivity contribution in [1.29, 1.82) is 0 Å². The maximum atomic E-state index is 12.0. The van der Waals surface area contributed by atoms with Crippen LogP contribution in [0, 0.1) is 0 Å². The fourth-order valence-corrected chi connectivity index (χ4v) is 3.60. The van der Waals surface area contributed by atoms with Crippen molar-refractivity contribution < 1.29 is 4.52 Å². The fourth-order valence-electron chi connectivity index (χ4n) is 2.48. The van der Waals surface area contributed by atoms with Gasteiger partial charge in [-0.25, -0.2) is 4.98 Å². The third kappa shape index (κ3) is 4.32. The molecule has 28 heavy (non-hydrogen) atoms. The zero-order chi connectivity index (χ0) is 19.3. The Labute approximate surface area is 169 Å². The highest BCUT2D eigenvalue weighted by Crippen LogP contribution is 2.24. The Balaban J connectivity index is 1.48. The highest BCUT2D eigenvalue weighted by Gasteiger charge is 2.11. The van der Waals surface area contributed by atoms with Gasteiger partial charge in [-0.3, -0.25) is 9.78 Å². The van der Waals surface area contributed by atoms with Crippen LogP contribution in [0.15, 0.2) is 74.2 Å². The molecule has 0 spiro atoms. The number of hydrogen-bond donors (Lipinski definition) is 1. The second-order valence-electron chi connectivity index (χ2n) is 5.70. The first-order chi connectivity index (χ1) is 13.7. The maximum absolute atomic E-state index is 12.0. The van der Waals surface area contributed by atoms with E-state index in [0.29, 0.717) is 28.3 Å². The number of pyridine rings is 1. The van der Waals surface area contributed by atoms with Crippen LogP contribution in [0.2, 0.25) is 0 Å². The summed E-state index contributed by atoms with van der Waals surface area (Å²) in [6, 6.07) is 13.0. The van der Waals surface area contributed by atoms with Crippen LogP contribution in [-0.4, -0.2) is 31.3 Å². The first-order valence-electron chi connectivity index (χ1n) is 8.33. The lowest BCUT2D eigenvalue weighted by molar-refractivity contribution is 0.391. The molecule has 0 unspecified atom stereocenters. The van der Waals surface area contributed by atoms with E-state index in [1.807, 2.05) is 42.7 Å². The average molecular weight is 409 g/mol. The summed E-state index contributed by atoms with van der Waals surface area (Å²) in [5.74, 6) is 1.40. The number of hydrogen-bond acceptors (Lipinski definition) is 8. The van der Waals surface area contributed by atoms with Gasteiger partial charge in [0.2, 0.25) is 11.7 Å². The largest absolute Gasteiger partial charge is 0.338 e. The Morgan fingerprint density at radius 1 is 1.04 bits per heavy atom. The molecule has 0 saturated carbocycles. The van der Waals surface area contributed by atoms with E-state index in [1.165, 1.54) is 22.7 Å². The second kappa shape index (κ2) is 8.41. The number of benzene rings is 1. The van der Waals surface area contributed by atoms with E-state index in [2.05, 4.69) is 25.1 Å². The lowest BCUT2D eigenvalue weighted by Crippen LogP contribution is -2.08. The van der Waals surface area contributed by atoms with Gasteiger partial charge in [0.25, 0.3) is 5.56 Å². The van der Waals surface area contributed by atoms with E-state index >= 15 is 0 Å². The Kier molecular flexibility index (Phi) is 5.54. The molecule has 4 rings (SSSR count). The van der Waals surface area contributed by atoms with Crippen molar-refractivity contribution in [2.24, 2.45) is 0 Å². The van der Waals surface area contributed by atoms with Gasteiger partial charge in [0.05, 0.1) is 11.4 Å². The van der Waals surface area contributed by atoms with Gasteiger partial charge in [0.15, 0.2) is 5.16 Å². The molecule has 0 aliphatic heterocycles. The van der Waals surface area contributed by atoms with E-state index in [9.17, 15) is 4.79 Å². The number of H-pyrrole nitrogens is 1. The normalized spacial score (nSPS) is 10.9. The van der Waals surface area contributed by atoms with Gasteiger partial charge in [-0.05, 0) is 42.7 Å². The molecule has 7 nitrogen and oxygen atoms in total. The zero-order valence-corrected chi connectivity index (χ0v) is 16.5. The minimum absolute atomic E-state index is 0.218. The maximum Gasteiger partial charge on any atom is 0.252 e. The van der Waals surface area contributed by atoms with Crippen molar-refractivity contribution in [3.63, 3.8) is 0 Å². The molecule has 0 atom stereocenters. The van der Waals surface area contributed by atoms with Crippen LogP contribution in [0.1, 0.15) is 5.89 Å². The number of nitrogens with zero attached hydrogens (tertiary/aromatic N) is 4. The number of rotatable bonds is 6. The van der Waals surface area contributed by atoms with Gasteiger partial charge >= 0.3 is 0 Å². The highest BCUT2D eigenvalue weighted by molar-refractivity contribution is 7.98. The molecule has 3 heterocycles. The standard InChI is InChI=1S/C19H15N5O2S2/c1-27-14-4-2-13(3-5-14)18-23-17(26-24-18)11-28-19-21-15(10-16(25)22-19)12-6-8-20-9-7-12/h2-10H,11H2,1H3,(H,21,22,25). The Bertz CT molecular complexity index is 1130. The van der Waals surface area contributed by atoms with Gasteiger partial charge in [-0.2, -0.15) is 4.98 Å². The molecule has 0 aliphatic rings. The summed E-state index contributed by atoms with van der Waals surface area (Å²) in [5.41, 5.74) is 2.10. The molecular formula is C19H15N5O2S2. The molecule has 0 saturated heterocycles. The number of nitrogens with one attached hydrogen (secondary N) is 1. The SMILES string of the molecule is CSc1ccc(-c2noc(CSc3nc(-c4ccncc4)cc(=O)[nH]3)n2)cc1. The van der Waals surface area contributed by atoms with E-state index in [4.69, 9.17) is 4.52 Å². The molecule has 1 aromatic carbocycles. The van der Waals surface area contributed by atoms with Crippen molar-refractivity contribution in [2.75, 3.05) is 6.26 Å². The summed E-state index contributed by atoms with van der Waals surface area (Å²) in [6.45, 7) is 0. The van der Waals surface area contributed by atoms with Crippen LogP contribution in [0.3, 0.4) is 0 Å². The second-order valence-corrected chi connectivity index (χ2v) is 7.54. The average Bonchev–Trinajstić information content (AvgIpc) is 3.22. The molecule has 1 N–H and O–H groups in total. The predicted molar refractivity (Wildman–Crippen MR) is 109 cm³/mol. The number of aromatic nitrogens is 5. The van der Waals surface area contributed by atoms with Crippen molar-refractivity contribution >= 4 is 23.5 Å². The summed E-state index contributed by atoms with van der Waals surface area (Å²) < 4.78 is 5.33. The van der Waals surface area contributed by atoms with E-state index in [0.717, 1.165) is 11.1 Å². The van der Waals surface area contributed by atoms with Crippen molar-refractivity contribution in [1.82, 2.24) is 25.1 Å². The molecule has 0 fully saturated rings. The highest BCUT2D eigenvalue weighted by atomic mass is 32.2. The van der Waals surface area contributed by atoms with Crippen LogP contribution in [0.4, 0.5) is 0 Å². The van der Waals surface area contributed by atoms with Crippen LogP contribution in [0.5, 0.6) is 0 Å². The van der Waals surface area contributed by atoms with Gasteiger partial charge in [0.1, 0.15) is 0 Å². The Morgan fingerprint density at radius 2 is 1.82 bits per heavy atom. The summed E-state index contributed by atoms with van der Waals surface area (Å²) in [4.78, 5) is 28.8. The van der Waals surface area contributed by atoms with E-state index < -0.39 is 0 Å². The van der Waals surface area contributed by atoms with Crippen LogP contribution in [0.25, 0.3) is 22.6 Å². The molecule has 0 radical (unpaired) electrons. The van der Waals surface area contributed by atoms with Crippen molar-refractivity contribution in [2.45, 2.75) is 15.8 Å². The van der Waals surface area contributed by atoms with Crippen LogP contribution >= 0.6 is 23.5 Å². The third-order valence-electron chi connectivity index (χ3n) is 3.84. The van der Waals surface area contributed by atoms with Crippen molar-refractivity contribution in [3.8, 4) is 22.6 Å². The van der Waals surface area contributed by atoms with Gasteiger partial charge in [0, 0.05) is 34.5 Å². The van der Waals surface area contributed by atoms with Gasteiger partial charge in [-0.1, -0.05) is 16.9 Å². The molecular weight excluding hydrogens is 394 g/mol. The Hall–Kier alpha value is -2.91. The molecule has 0 aliphatic carbocycles. The first kappa shape index (κ1) is 18.5.